The molecule has 0 N–H and O–H groups in total. The smallest absolute Gasteiger partial charge is 0.302 e. The quantitative estimate of drug-likeness (QED) is 0.355. The number of unbranched alkanes of at least 4 members (excludes halogenated alkanes) is 1. The van der Waals surface area contributed by atoms with E-state index in [2.05, 4.69) is 31.2 Å². The molecule has 2 nitrogen and oxygen atoms in total. The SMILES string of the molecule is CC/C=C\C/C=C\CCCOC(C)=O. The van der Waals surface area contributed by atoms with Crippen LogP contribution in [-0.2, 0) is 9.53 Å². The van der Waals surface area contributed by atoms with Crippen LogP contribution in [0.4, 0.5) is 0 Å². The first-order valence-corrected chi connectivity index (χ1v) is 5.20. The topological polar surface area (TPSA) is 26.3 Å². The van der Waals surface area contributed by atoms with E-state index in [4.69, 9.17) is 4.74 Å². The van der Waals surface area contributed by atoms with Gasteiger partial charge in [-0.3, -0.25) is 4.79 Å². The van der Waals surface area contributed by atoms with Crippen LogP contribution in [0, 0.1) is 0 Å². The molecule has 0 aromatic heterocycles. The van der Waals surface area contributed by atoms with Crippen molar-refractivity contribution in [2.45, 2.75) is 39.5 Å². The Labute approximate surface area is 86.6 Å². The van der Waals surface area contributed by atoms with Crippen molar-refractivity contribution in [3.8, 4) is 0 Å². The number of allylic oxidation sites excluding steroid dienone is 4. The summed E-state index contributed by atoms with van der Waals surface area (Å²) in [7, 11) is 0. The molecule has 0 aromatic rings. The van der Waals surface area contributed by atoms with E-state index in [-0.39, 0.29) is 5.97 Å². The highest BCUT2D eigenvalue weighted by Crippen LogP contribution is 1.95. The molecule has 0 saturated heterocycles. The number of carbonyl (C=O) groups excluding carboxylic acids is 1. The van der Waals surface area contributed by atoms with Crippen LogP contribution in [0.1, 0.15) is 39.5 Å². The highest BCUT2D eigenvalue weighted by Gasteiger charge is 1.89. The average molecular weight is 196 g/mol. The third-order valence-corrected chi connectivity index (χ3v) is 1.66. The number of hydrogen-bond acceptors (Lipinski definition) is 2. The molecule has 0 aliphatic rings. The third-order valence-electron chi connectivity index (χ3n) is 1.66. The van der Waals surface area contributed by atoms with Gasteiger partial charge in [-0.05, 0) is 25.7 Å². The van der Waals surface area contributed by atoms with Crippen molar-refractivity contribution in [3.63, 3.8) is 0 Å². The fourth-order valence-electron chi connectivity index (χ4n) is 0.973. The molecule has 0 aromatic carbocycles. The second-order valence-corrected chi connectivity index (χ2v) is 3.07. The molecular weight excluding hydrogens is 176 g/mol. The van der Waals surface area contributed by atoms with Gasteiger partial charge in [-0.25, -0.2) is 0 Å². The van der Waals surface area contributed by atoms with Crippen molar-refractivity contribution in [1.29, 1.82) is 0 Å². The first-order chi connectivity index (χ1) is 6.77. The molecule has 0 bridgehead atoms. The Morgan fingerprint density at radius 3 is 2.57 bits per heavy atom. The summed E-state index contributed by atoms with van der Waals surface area (Å²) in [5, 5.41) is 0. The molecule has 0 unspecified atom stereocenters. The van der Waals surface area contributed by atoms with E-state index in [1.165, 1.54) is 6.92 Å². The molecule has 0 aliphatic carbocycles. The number of rotatable bonds is 7. The van der Waals surface area contributed by atoms with E-state index in [1.807, 2.05) is 0 Å². The Bertz CT molecular complexity index is 192. The van der Waals surface area contributed by atoms with Gasteiger partial charge in [0.1, 0.15) is 0 Å². The van der Waals surface area contributed by atoms with Crippen LogP contribution < -0.4 is 0 Å². The normalized spacial score (nSPS) is 11.3. The standard InChI is InChI=1S/C12H20O2/c1-3-4-5-6-7-8-9-10-11-14-12(2)13/h4-5,7-8H,3,6,9-11H2,1-2H3/b5-4-,8-7-. The monoisotopic (exact) mass is 196 g/mol. The summed E-state index contributed by atoms with van der Waals surface area (Å²) in [6, 6.07) is 0. The summed E-state index contributed by atoms with van der Waals surface area (Å²) in [5.41, 5.74) is 0. The first kappa shape index (κ1) is 12.9. The van der Waals surface area contributed by atoms with Crippen molar-refractivity contribution in [1.82, 2.24) is 0 Å². The molecule has 0 aliphatic heterocycles. The Morgan fingerprint density at radius 2 is 1.93 bits per heavy atom. The molecule has 80 valence electrons. The van der Waals surface area contributed by atoms with E-state index in [1.54, 1.807) is 0 Å². The fraction of sp³-hybridized carbons (Fsp3) is 0.583. The van der Waals surface area contributed by atoms with Crippen LogP contribution in [-0.4, -0.2) is 12.6 Å². The third kappa shape index (κ3) is 11.0. The van der Waals surface area contributed by atoms with Crippen LogP contribution in [0.15, 0.2) is 24.3 Å². The Morgan fingerprint density at radius 1 is 1.21 bits per heavy atom. The summed E-state index contributed by atoms with van der Waals surface area (Å²) in [5.74, 6) is -0.195. The highest BCUT2D eigenvalue weighted by atomic mass is 16.5. The molecule has 0 amide bonds. The molecule has 14 heavy (non-hydrogen) atoms. The van der Waals surface area contributed by atoms with E-state index >= 15 is 0 Å². The van der Waals surface area contributed by atoms with Gasteiger partial charge in [-0.15, -0.1) is 0 Å². The zero-order valence-corrected chi connectivity index (χ0v) is 9.16. The van der Waals surface area contributed by atoms with Crippen LogP contribution in [0.25, 0.3) is 0 Å². The maximum Gasteiger partial charge on any atom is 0.302 e. The number of esters is 1. The Kier molecular flexibility index (Phi) is 9.28. The van der Waals surface area contributed by atoms with Crippen LogP contribution >= 0.6 is 0 Å². The molecule has 0 rings (SSSR count). The van der Waals surface area contributed by atoms with Crippen LogP contribution in [0.5, 0.6) is 0 Å². The summed E-state index contributed by atoms with van der Waals surface area (Å²) in [6.45, 7) is 4.09. The van der Waals surface area contributed by atoms with Crippen LogP contribution in [0.2, 0.25) is 0 Å². The molecule has 0 atom stereocenters. The van der Waals surface area contributed by atoms with E-state index in [9.17, 15) is 4.79 Å². The van der Waals surface area contributed by atoms with Gasteiger partial charge in [0.05, 0.1) is 6.61 Å². The molecule has 0 heterocycles. The summed E-state index contributed by atoms with van der Waals surface area (Å²) in [4.78, 5) is 10.4. The van der Waals surface area contributed by atoms with Gasteiger partial charge in [0.2, 0.25) is 0 Å². The fourth-order valence-corrected chi connectivity index (χ4v) is 0.973. The number of hydrogen-bond donors (Lipinski definition) is 0. The highest BCUT2D eigenvalue weighted by molar-refractivity contribution is 5.65. The lowest BCUT2D eigenvalue weighted by Gasteiger charge is -1.97. The van der Waals surface area contributed by atoms with Gasteiger partial charge in [-0.1, -0.05) is 31.2 Å². The van der Waals surface area contributed by atoms with Crippen molar-refractivity contribution in [2.75, 3.05) is 6.61 Å². The van der Waals surface area contributed by atoms with Gasteiger partial charge in [0.15, 0.2) is 0 Å². The number of carbonyl (C=O) groups is 1. The summed E-state index contributed by atoms with van der Waals surface area (Å²) in [6.07, 6.45) is 12.6. The van der Waals surface area contributed by atoms with Crippen molar-refractivity contribution < 1.29 is 9.53 Å². The van der Waals surface area contributed by atoms with E-state index in [0.717, 1.165) is 25.7 Å². The van der Waals surface area contributed by atoms with E-state index in [0.29, 0.717) is 6.61 Å². The molecule has 2 heteroatoms. The van der Waals surface area contributed by atoms with Crippen molar-refractivity contribution >= 4 is 5.97 Å². The largest absolute Gasteiger partial charge is 0.466 e. The van der Waals surface area contributed by atoms with Crippen molar-refractivity contribution in [2.24, 2.45) is 0 Å². The molecule has 0 radical (unpaired) electrons. The second kappa shape index (κ2) is 10.0. The predicted octanol–water partition coefficient (Wildman–Crippen LogP) is 3.24. The zero-order chi connectivity index (χ0) is 10.6. The van der Waals surface area contributed by atoms with Gasteiger partial charge in [-0.2, -0.15) is 0 Å². The van der Waals surface area contributed by atoms with Crippen LogP contribution in [0.3, 0.4) is 0 Å². The average Bonchev–Trinajstić information content (AvgIpc) is 2.15. The lowest BCUT2D eigenvalue weighted by molar-refractivity contribution is -0.141. The molecule has 0 fully saturated rings. The molecular formula is C12H20O2. The van der Waals surface area contributed by atoms with E-state index < -0.39 is 0 Å². The maximum atomic E-state index is 10.4. The zero-order valence-electron chi connectivity index (χ0n) is 9.16. The lowest BCUT2D eigenvalue weighted by atomic mass is 10.2. The second-order valence-electron chi connectivity index (χ2n) is 3.07. The predicted molar refractivity (Wildman–Crippen MR) is 59.1 cm³/mol. The van der Waals surface area contributed by atoms with Gasteiger partial charge in [0.25, 0.3) is 0 Å². The molecule has 0 spiro atoms. The number of ether oxygens (including phenoxy) is 1. The summed E-state index contributed by atoms with van der Waals surface area (Å²) >= 11 is 0. The minimum atomic E-state index is -0.195. The van der Waals surface area contributed by atoms with Gasteiger partial charge < -0.3 is 4.74 Å². The minimum Gasteiger partial charge on any atom is -0.466 e. The van der Waals surface area contributed by atoms with Gasteiger partial charge >= 0.3 is 5.97 Å². The summed E-state index contributed by atoms with van der Waals surface area (Å²) < 4.78 is 4.80. The van der Waals surface area contributed by atoms with Crippen molar-refractivity contribution in [3.05, 3.63) is 24.3 Å². The maximum absolute atomic E-state index is 10.4. The molecule has 0 saturated carbocycles. The Balaban J connectivity index is 3.18. The minimum absolute atomic E-state index is 0.195. The van der Waals surface area contributed by atoms with Gasteiger partial charge in [0, 0.05) is 6.92 Å². The Hall–Kier alpha value is -1.05. The first-order valence-electron chi connectivity index (χ1n) is 5.20. The lowest BCUT2D eigenvalue weighted by Crippen LogP contribution is -1.99.